The first-order valence-corrected chi connectivity index (χ1v) is 17.1. The van der Waals surface area contributed by atoms with Crippen molar-refractivity contribution < 1.29 is 33.4 Å². The number of rotatable bonds is 10. The van der Waals surface area contributed by atoms with Crippen LogP contribution in [0.25, 0.3) is 0 Å². The Kier molecular flexibility index (Phi) is 11.2. The van der Waals surface area contributed by atoms with Gasteiger partial charge in [-0.15, -0.1) is 0 Å². The Bertz CT molecular complexity index is 1650. The number of hydrogen-bond donors (Lipinski definition) is 2. The first-order valence-electron chi connectivity index (χ1n) is 17.1. The van der Waals surface area contributed by atoms with Crippen molar-refractivity contribution in [2.24, 2.45) is 0 Å². The summed E-state index contributed by atoms with van der Waals surface area (Å²) in [6.45, 7) is 9.99. The summed E-state index contributed by atoms with van der Waals surface area (Å²) in [6.07, 6.45) is 0.0971. The van der Waals surface area contributed by atoms with Crippen molar-refractivity contribution in [2.75, 3.05) is 31.1 Å². The van der Waals surface area contributed by atoms with Crippen LogP contribution in [0.1, 0.15) is 64.2 Å². The molecule has 1 atom stereocenters. The highest BCUT2D eigenvalue weighted by atomic mass is 16.6. The number of hydrogen-bond acceptors (Lipinski definition) is 7. The number of carbonyl (C=O) groups is 4. The highest BCUT2D eigenvalue weighted by Crippen LogP contribution is 2.47. The molecule has 1 fully saturated rings. The van der Waals surface area contributed by atoms with E-state index < -0.39 is 35.3 Å². The molecule has 3 aromatic rings. The number of likely N-dealkylation sites (tertiary alicyclic amines) is 1. The lowest BCUT2D eigenvalue weighted by Gasteiger charge is -2.41. The fourth-order valence-corrected chi connectivity index (χ4v) is 6.39. The molecule has 50 heavy (non-hydrogen) atoms. The zero-order valence-electron chi connectivity index (χ0n) is 29.6. The lowest BCUT2D eigenvalue weighted by molar-refractivity contribution is -0.141. The Hall–Kier alpha value is -4.90. The van der Waals surface area contributed by atoms with Crippen LogP contribution in [0.15, 0.2) is 84.9 Å². The van der Waals surface area contributed by atoms with Crippen LogP contribution in [0.5, 0.6) is 0 Å². The number of carbonyl (C=O) groups excluding carboxylic acids is 4. The number of amides is 4. The van der Waals surface area contributed by atoms with Gasteiger partial charge in [0.2, 0.25) is 11.8 Å². The molecule has 11 nitrogen and oxygen atoms in total. The van der Waals surface area contributed by atoms with Crippen molar-refractivity contribution in [3.8, 4) is 0 Å². The first-order chi connectivity index (χ1) is 23.8. The van der Waals surface area contributed by atoms with Crippen LogP contribution in [-0.4, -0.2) is 72.3 Å². The predicted octanol–water partition coefficient (Wildman–Crippen LogP) is 5.71. The van der Waals surface area contributed by atoms with Gasteiger partial charge in [-0.1, -0.05) is 78.9 Å². The number of ether oxygens (including phenoxy) is 3. The molecule has 0 aliphatic carbocycles. The molecule has 5 rings (SSSR count). The fourth-order valence-electron chi connectivity index (χ4n) is 6.39. The molecule has 2 heterocycles. The summed E-state index contributed by atoms with van der Waals surface area (Å²) in [6, 6.07) is 26.0. The molecule has 0 bridgehead atoms. The summed E-state index contributed by atoms with van der Waals surface area (Å²) in [4.78, 5) is 56.9. The number of para-hydroxylation sites is 1. The van der Waals surface area contributed by atoms with Crippen LogP contribution in [0, 0.1) is 0 Å². The quantitative estimate of drug-likeness (QED) is 0.280. The Morgan fingerprint density at radius 2 is 1.38 bits per heavy atom. The molecule has 2 N–H and O–H groups in total. The van der Waals surface area contributed by atoms with Gasteiger partial charge in [0.15, 0.2) is 0 Å². The maximum absolute atomic E-state index is 14.1. The van der Waals surface area contributed by atoms with E-state index in [-0.39, 0.29) is 31.1 Å². The molecule has 11 heteroatoms. The Morgan fingerprint density at radius 1 is 0.800 bits per heavy atom. The van der Waals surface area contributed by atoms with Crippen LogP contribution in [-0.2, 0) is 42.4 Å². The van der Waals surface area contributed by atoms with Gasteiger partial charge in [0, 0.05) is 25.0 Å². The minimum atomic E-state index is -1.38. The van der Waals surface area contributed by atoms with Crippen LogP contribution >= 0.6 is 0 Å². The third-order valence-corrected chi connectivity index (χ3v) is 9.07. The normalized spacial score (nSPS) is 15.9. The monoisotopic (exact) mass is 684 g/mol. The number of nitrogens with zero attached hydrogens (tertiary/aromatic N) is 2. The molecule has 0 unspecified atom stereocenters. The van der Waals surface area contributed by atoms with Crippen LogP contribution in [0.3, 0.4) is 0 Å². The van der Waals surface area contributed by atoms with Crippen LogP contribution in [0.2, 0.25) is 0 Å². The number of anilines is 1. The molecule has 0 aromatic heterocycles. The van der Waals surface area contributed by atoms with Gasteiger partial charge in [-0.2, -0.15) is 0 Å². The number of piperidine rings is 1. The summed E-state index contributed by atoms with van der Waals surface area (Å²) in [5.41, 5.74) is 1.27. The van der Waals surface area contributed by atoms with Crippen LogP contribution in [0.4, 0.5) is 15.3 Å². The molecule has 0 radical (unpaired) electrons. The maximum atomic E-state index is 14.1. The Morgan fingerprint density at radius 3 is 2.00 bits per heavy atom. The third-order valence-electron chi connectivity index (χ3n) is 9.07. The van der Waals surface area contributed by atoms with Crippen molar-refractivity contribution in [3.63, 3.8) is 0 Å². The second-order valence-electron chi connectivity index (χ2n) is 14.5. The molecule has 2 aliphatic rings. The number of fused-ring (bicyclic) bond motifs is 2. The standard InChI is InChI=1S/C39H48N4O7/c1-37(2,3)50-35(46)41-38(4,5)34(45)40-31(26-48-24-28-14-8-6-9-15-28)33(44)42-22-20-39(21-23-42)27-43(32-19-13-12-18-30(32)39)36(47)49-25-29-16-10-7-11-17-29/h6-19,31H,20-27H2,1-5H3,(H,40,45)(H,41,46)/t31-/m1/s1. The molecule has 1 saturated heterocycles. The highest BCUT2D eigenvalue weighted by molar-refractivity contribution is 5.94. The lowest BCUT2D eigenvalue weighted by atomic mass is 9.74. The van der Waals surface area contributed by atoms with Gasteiger partial charge in [0.1, 0.15) is 23.8 Å². The number of benzene rings is 3. The molecule has 266 valence electrons. The average Bonchev–Trinajstić information content (AvgIpc) is 3.40. The van der Waals surface area contributed by atoms with Crippen molar-refractivity contribution in [1.82, 2.24) is 15.5 Å². The zero-order chi connectivity index (χ0) is 35.9. The van der Waals surface area contributed by atoms with Gasteiger partial charge in [-0.25, -0.2) is 9.59 Å². The topological polar surface area (TPSA) is 127 Å². The fraction of sp³-hybridized carbons (Fsp3) is 0.436. The van der Waals surface area contributed by atoms with Crippen molar-refractivity contribution >= 4 is 29.7 Å². The van der Waals surface area contributed by atoms with Crippen molar-refractivity contribution in [3.05, 3.63) is 102 Å². The van der Waals surface area contributed by atoms with Gasteiger partial charge < -0.3 is 29.7 Å². The van der Waals surface area contributed by atoms with E-state index in [4.69, 9.17) is 14.2 Å². The molecular weight excluding hydrogens is 636 g/mol. The van der Waals surface area contributed by atoms with E-state index >= 15 is 0 Å². The van der Waals surface area contributed by atoms with Gasteiger partial charge in [-0.05, 0) is 70.2 Å². The predicted molar refractivity (Wildman–Crippen MR) is 189 cm³/mol. The summed E-state index contributed by atoms with van der Waals surface area (Å²) in [5, 5.41) is 5.45. The van der Waals surface area contributed by atoms with E-state index in [9.17, 15) is 19.2 Å². The van der Waals surface area contributed by atoms with Gasteiger partial charge in [-0.3, -0.25) is 14.5 Å². The van der Waals surface area contributed by atoms with E-state index in [1.807, 2.05) is 78.9 Å². The number of nitrogens with one attached hydrogen (secondary N) is 2. The molecule has 4 amide bonds. The summed E-state index contributed by atoms with van der Waals surface area (Å²) >= 11 is 0. The maximum Gasteiger partial charge on any atom is 0.414 e. The van der Waals surface area contributed by atoms with E-state index in [0.717, 1.165) is 22.4 Å². The van der Waals surface area contributed by atoms with Gasteiger partial charge in [0.25, 0.3) is 0 Å². The molecule has 3 aromatic carbocycles. The lowest BCUT2D eigenvalue weighted by Crippen LogP contribution is -2.61. The third kappa shape index (κ3) is 9.01. The summed E-state index contributed by atoms with van der Waals surface area (Å²) in [7, 11) is 0. The minimum absolute atomic E-state index is 0.0620. The molecular formula is C39H48N4O7. The summed E-state index contributed by atoms with van der Waals surface area (Å²) < 4.78 is 17.0. The van der Waals surface area contributed by atoms with E-state index in [1.54, 1.807) is 44.4 Å². The second-order valence-corrected chi connectivity index (χ2v) is 14.5. The second kappa shape index (κ2) is 15.3. The first kappa shape index (κ1) is 36.4. The number of alkyl carbamates (subject to hydrolysis) is 1. The van der Waals surface area contributed by atoms with Crippen LogP contribution < -0.4 is 15.5 Å². The summed E-state index contributed by atoms with van der Waals surface area (Å²) in [5.74, 6) is -0.826. The Labute approximate surface area is 294 Å². The Balaban J connectivity index is 1.26. The molecule has 2 aliphatic heterocycles. The average molecular weight is 685 g/mol. The van der Waals surface area contributed by atoms with E-state index in [2.05, 4.69) is 16.7 Å². The van der Waals surface area contributed by atoms with Gasteiger partial charge in [0.05, 0.1) is 18.9 Å². The van der Waals surface area contributed by atoms with E-state index in [0.29, 0.717) is 32.5 Å². The zero-order valence-corrected chi connectivity index (χ0v) is 29.6. The van der Waals surface area contributed by atoms with Crippen molar-refractivity contribution in [1.29, 1.82) is 0 Å². The SMILES string of the molecule is CC(C)(C)OC(=O)NC(C)(C)C(=O)N[C@H](COCc1ccccc1)C(=O)N1CCC2(CC1)CN(C(=O)OCc1ccccc1)c1ccccc12. The largest absolute Gasteiger partial charge is 0.444 e. The molecule has 0 saturated carbocycles. The smallest absolute Gasteiger partial charge is 0.414 e. The minimum Gasteiger partial charge on any atom is -0.444 e. The molecule has 1 spiro atoms. The van der Waals surface area contributed by atoms with Crippen molar-refractivity contribution in [2.45, 2.75) is 83.3 Å². The highest BCUT2D eigenvalue weighted by Gasteiger charge is 2.48. The van der Waals surface area contributed by atoms with E-state index in [1.165, 1.54) is 0 Å². The van der Waals surface area contributed by atoms with Gasteiger partial charge >= 0.3 is 12.2 Å².